The molecule has 0 aliphatic heterocycles. The Morgan fingerprint density at radius 3 is 2.71 bits per heavy atom. The lowest BCUT2D eigenvalue weighted by molar-refractivity contribution is 0.0951. The topological polar surface area (TPSA) is 97.4 Å². The van der Waals surface area contributed by atoms with E-state index in [-0.39, 0.29) is 28.5 Å². The Kier molecular flexibility index (Phi) is 7.19. The van der Waals surface area contributed by atoms with E-state index in [4.69, 9.17) is 4.74 Å². The standard InChI is InChI=1S/C22H22FN3O4S/c1-2-30-20-11-12-24-15-19(20)26-31(28,29)21-9-4-3-8-18(21)22(27)25-13-10-16-6-5-7-17(23)14-16/h3-9,11-12,14-15,26H,2,10,13H2,1H3,(H,25,27). The van der Waals surface area contributed by atoms with Crippen molar-refractivity contribution in [3.8, 4) is 5.75 Å². The van der Waals surface area contributed by atoms with Crippen LogP contribution in [0.4, 0.5) is 10.1 Å². The van der Waals surface area contributed by atoms with Crippen molar-refractivity contribution in [2.45, 2.75) is 18.2 Å². The molecule has 0 radical (unpaired) electrons. The average Bonchev–Trinajstić information content (AvgIpc) is 2.75. The predicted molar refractivity (Wildman–Crippen MR) is 115 cm³/mol. The number of hydrogen-bond donors (Lipinski definition) is 2. The molecule has 1 heterocycles. The molecule has 1 amide bonds. The Hall–Kier alpha value is -3.46. The summed E-state index contributed by atoms with van der Waals surface area (Å²) in [5, 5.41) is 2.68. The number of nitrogens with one attached hydrogen (secondary N) is 2. The highest BCUT2D eigenvalue weighted by atomic mass is 32.2. The molecule has 162 valence electrons. The van der Waals surface area contributed by atoms with Gasteiger partial charge in [-0.2, -0.15) is 0 Å². The van der Waals surface area contributed by atoms with E-state index in [0.717, 1.165) is 5.56 Å². The van der Waals surface area contributed by atoms with Gasteiger partial charge in [0, 0.05) is 18.8 Å². The van der Waals surface area contributed by atoms with Crippen molar-refractivity contribution >= 4 is 21.6 Å². The second-order valence-electron chi connectivity index (χ2n) is 6.54. The molecule has 0 saturated carbocycles. The van der Waals surface area contributed by atoms with E-state index in [9.17, 15) is 17.6 Å². The zero-order valence-corrected chi connectivity index (χ0v) is 17.7. The van der Waals surface area contributed by atoms with Crippen LogP contribution < -0.4 is 14.8 Å². The normalized spacial score (nSPS) is 11.0. The number of hydrogen-bond acceptors (Lipinski definition) is 5. The number of amides is 1. The first-order chi connectivity index (χ1) is 14.9. The number of aromatic nitrogens is 1. The molecule has 0 unspecified atom stereocenters. The summed E-state index contributed by atoms with van der Waals surface area (Å²) in [5.41, 5.74) is 0.893. The van der Waals surface area contributed by atoms with Gasteiger partial charge in [-0.15, -0.1) is 0 Å². The molecule has 0 atom stereocenters. The van der Waals surface area contributed by atoms with Gasteiger partial charge in [0.1, 0.15) is 22.1 Å². The van der Waals surface area contributed by atoms with Gasteiger partial charge in [-0.1, -0.05) is 24.3 Å². The van der Waals surface area contributed by atoms with Crippen molar-refractivity contribution in [2.75, 3.05) is 17.9 Å². The van der Waals surface area contributed by atoms with Crippen molar-refractivity contribution < 1.29 is 22.3 Å². The number of carbonyl (C=O) groups is 1. The first-order valence-electron chi connectivity index (χ1n) is 9.62. The van der Waals surface area contributed by atoms with Crippen LogP contribution in [0.25, 0.3) is 0 Å². The third-order valence-corrected chi connectivity index (χ3v) is 5.76. The van der Waals surface area contributed by atoms with Crippen molar-refractivity contribution in [1.82, 2.24) is 10.3 Å². The van der Waals surface area contributed by atoms with Crippen LogP contribution in [0.1, 0.15) is 22.8 Å². The molecule has 0 bridgehead atoms. The summed E-state index contributed by atoms with van der Waals surface area (Å²) >= 11 is 0. The van der Waals surface area contributed by atoms with Gasteiger partial charge in [-0.3, -0.25) is 14.5 Å². The number of sulfonamides is 1. The van der Waals surface area contributed by atoms with Gasteiger partial charge in [-0.05, 0) is 43.2 Å². The first kappa shape index (κ1) is 22.2. The van der Waals surface area contributed by atoms with Crippen molar-refractivity contribution in [1.29, 1.82) is 0 Å². The van der Waals surface area contributed by atoms with Crippen LogP contribution in [-0.4, -0.2) is 32.5 Å². The minimum Gasteiger partial charge on any atom is -0.492 e. The van der Waals surface area contributed by atoms with E-state index < -0.39 is 15.9 Å². The lowest BCUT2D eigenvalue weighted by Gasteiger charge is -2.14. The Balaban J connectivity index is 1.76. The Bertz CT molecular complexity index is 1170. The highest BCUT2D eigenvalue weighted by molar-refractivity contribution is 7.92. The van der Waals surface area contributed by atoms with Crippen molar-refractivity contribution in [3.05, 3.63) is 83.9 Å². The van der Waals surface area contributed by atoms with Crippen LogP contribution in [-0.2, 0) is 16.4 Å². The van der Waals surface area contributed by atoms with Gasteiger partial charge in [0.05, 0.1) is 18.4 Å². The Morgan fingerprint density at radius 2 is 1.94 bits per heavy atom. The zero-order valence-electron chi connectivity index (χ0n) is 16.8. The van der Waals surface area contributed by atoms with Gasteiger partial charge in [0.25, 0.3) is 15.9 Å². The minimum atomic E-state index is -4.09. The molecule has 3 aromatic rings. The van der Waals surface area contributed by atoms with Gasteiger partial charge < -0.3 is 10.1 Å². The third-order valence-electron chi connectivity index (χ3n) is 4.33. The number of ether oxygens (including phenoxy) is 1. The maximum Gasteiger partial charge on any atom is 0.262 e. The average molecular weight is 444 g/mol. The monoisotopic (exact) mass is 443 g/mol. The SMILES string of the molecule is CCOc1ccncc1NS(=O)(=O)c1ccccc1C(=O)NCCc1cccc(F)c1. The fraction of sp³-hybridized carbons (Fsp3) is 0.182. The summed E-state index contributed by atoms with van der Waals surface area (Å²) in [4.78, 5) is 16.4. The van der Waals surface area contributed by atoms with Crippen LogP contribution in [0, 0.1) is 5.82 Å². The summed E-state index contributed by atoms with van der Waals surface area (Å²) in [6.07, 6.45) is 3.23. The number of nitrogens with zero attached hydrogens (tertiary/aromatic N) is 1. The van der Waals surface area contributed by atoms with Crippen molar-refractivity contribution in [3.63, 3.8) is 0 Å². The first-order valence-corrected chi connectivity index (χ1v) is 11.1. The van der Waals surface area contributed by atoms with Gasteiger partial charge in [0.15, 0.2) is 0 Å². The molecule has 0 spiro atoms. The molecular formula is C22H22FN3O4S. The maximum absolute atomic E-state index is 13.3. The van der Waals surface area contributed by atoms with E-state index in [0.29, 0.717) is 18.8 Å². The number of carbonyl (C=O) groups excluding carboxylic acids is 1. The molecule has 2 aromatic carbocycles. The Labute approximate surface area is 180 Å². The fourth-order valence-electron chi connectivity index (χ4n) is 2.94. The largest absolute Gasteiger partial charge is 0.492 e. The molecule has 0 aliphatic carbocycles. The molecule has 1 aromatic heterocycles. The summed E-state index contributed by atoms with van der Waals surface area (Å²) in [6.45, 7) is 2.35. The highest BCUT2D eigenvalue weighted by Gasteiger charge is 2.23. The second-order valence-corrected chi connectivity index (χ2v) is 8.19. The molecule has 0 saturated heterocycles. The van der Waals surface area contributed by atoms with Crippen LogP contribution in [0.15, 0.2) is 71.9 Å². The van der Waals surface area contributed by atoms with E-state index in [1.165, 1.54) is 42.7 Å². The maximum atomic E-state index is 13.3. The number of anilines is 1. The number of benzene rings is 2. The molecule has 2 N–H and O–H groups in total. The van der Waals surface area contributed by atoms with Crippen LogP contribution in [0.3, 0.4) is 0 Å². The highest BCUT2D eigenvalue weighted by Crippen LogP contribution is 2.26. The number of rotatable bonds is 9. The molecule has 9 heteroatoms. The van der Waals surface area contributed by atoms with E-state index >= 15 is 0 Å². The fourth-order valence-corrected chi connectivity index (χ4v) is 4.20. The third kappa shape index (κ3) is 5.79. The van der Waals surface area contributed by atoms with Gasteiger partial charge >= 0.3 is 0 Å². The lowest BCUT2D eigenvalue weighted by Crippen LogP contribution is -2.28. The summed E-state index contributed by atoms with van der Waals surface area (Å²) in [7, 11) is -4.09. The quantitative estimate of drug-likeness (QED) is 0.528. The van der Waals surface area contributed by atoms with Gasteiger partial charge in [-0.25, -0.2) is 12.8 Å². The Morgan fingerprint density at radius 1 is 1.13 bits per heavy atom. The molecule has 0 aliphatic rings. The summed E-state index contributed by atoms with van der Waals surface area (Å²) in [6, 6.07) is 13.5. The minimum absolute atomic E-state index is 0.00362. The lowest BCUT2D eigenvalue weighted by atomic mass is 10.1. The van der Waals surface area contributed by atoms with Crippen LogP contribution in [0.2, 0.25) is 0 Å². The van der Waals surface area contributed by atoms with E-state index in [1.807, 2.05) is 0 Å². The molecular weight excluding hydrogens is 421 g/mol. The van der Waals surface area contributed by atoms with Crippen LogP contribution in [0.5, 0.6) is 5.75 Å². The molecule has 0 fully saturated rings. The van der Waals surface area contributed by atoms with Gasteiger partial charge in [0.2, 0.25) is 0 Å². The summed E-state index contributed by atoms with van der Waals surface area (Å²) < 4.78 is 47.1. The molecule has 3 rings (SSSR count). The van der Waals surface area contributed by atoms with Crippen LogP contribution >= 0.6 is 0 Å². The number of pyridine rings is 1. The van der Waals surface area contributed by atoms with E-state index in [1.54, 1.807) is 31.2 Å². The summed E-state index contributed by atoms with van der Waals surface area (Å²) in [5.74, 6) is -0.570. The second kappa shape index (κ2) is 10.0. The smallest absolute Gasteiger partial charge is 0.262 e. The predicted octanol–water partition coefficient (Wildman–Crippen LogP) is 3.39. The van der Waals surface area contributed by atoms with E-state index in [2.05, 4.69) is 15.0 Å². The zero-order chi connectivity index (χ0) is 22.3. The molecule has 7 nitrogen and oxygen atoms in total. The molecule has 31 heavy (non-hydrogen) atoms. The number of halogens is 1. The van der Waals surface area contributed by atoms with Crippen molar-refractivity contribution in [2.24, 2.45) is 0 Å².